The van der Waals surface area contributed by atoms with Crippen LogP contribution in [0.25, 0.3) is 21.8 Å². The molecule has 0 saturated carbocycles. The number of para-hydroxylation sites is 2. The van der Waals surface area contributed by atoms with E-state index in [9.17, 15) is 4.79 Å². The summed E-state index contributed by atoms with van der Waals surface area (Å²) in [6.45, 7) is 13.6. The fourth-order valence-electron chi connectivity index (χ4n) is 7.88. The molecule has 8 nitrogen and oxygen atoms in total. The van der Waals surface area contributed by atoms with Gasteiger partial charge in [-0.1, -0.05) is 55.5 Å². The van der Waals surface area contributed by atoms with Crippen LogP contribution < -0.4 is 0 Å². The zero-order valence-electron chi connectivity index (χ0n) is 26.0. The van der Waals surface area contributed by atoms with Gasteiger partial charge in [-0.15, -0.1) is 5.10 Å². The van der Waals surface area contributed by atoms with Gasteiger partial charge >= 0.3 is 0 Å². The van der Waals surface area contributed by atoms with Gasteiger partial charge in [0.05, 0.1) is 17.9 Å². The summed E-state index contributed by atoms with van der Waals surface area (Å²) < 4.78 is 6.70. The fraction of sp³-hybridized carbons (Fsp3) is 0.457. The van der Waals surface area contributed by atoms with Gasteiger partial charge in [-0.3, -0.25) is 9.69 Å². The van der Waals surface area contributed by atoms with Crippen molar-refractivity contribution in [2.75, 3.05) is 13.1 Å². The molecule has 2 atom stereocenters. The largest absolute Gasteiger partial charge is 0.343 e. The molecule has 5 aromatic rings. The van der Waals surface area contributed by atoms with Crippen LogP contribution in [-0.2, 0) is 43.8 Å². The first-order chi connectivity index (χ1) is 21.0. The number of carbonyl (C=O) groups is 1. The normalized spacial score (nSPS) is 18.8. The summed E-state index contributed by atoms with van der Waals surface area (Å²) >= 11 is 0. The summed E-state index contributed by atoms with van der Waals surface area (Å²) in [7, 11) is 0. The lowest BCUT2D eigenvalue weighted by Gasteiger charge is -2.35. The van der Waals surface area contributed by atoms with Crippen LogP contribution in [0.4, 0.5) is 0 Å². The molecule has 0 spiro atoms. The van der Waals surface area contributed by atoms with E-state index in [-0.39, 0.29) is 24.5 Å². The van der Waals surface area contributed by atoms with Crippen LogP contribution in [0, 0.1) is 0 Å². The van der Waals surface area contributed by atoms with Gasteiger partial charge < -0.3 is 14.0 Å². The second-order valence-corrected chi connectivity index (χ2v) is 12.4. The van der Waals surface area contributed by atoms with Gasteiger partial charge in [-0.25, -0.2) is 4.68 Å². The van der Waals surface area contributed by atoms with Crippen molar-refractivity contribution in [3.05, 3.63) is 82.9 Å². The Morgan fingerprint density at radius 3 is 2.02 bits per heavy atom. The van der Waals surface area contributed by atoms with E-state index in [0.717, 1.165) is 64.1 Å². The molecule has 1 amide bonds. The minimum atomic E-state index is 0.0245. The average Bonchev–Trinajstić information content (AvgIpc) is 3.69. The zero-order chi connectivity index (χ0) is 29.7. The van der Waals surface area contributed by atoms with E-state index in [1.54, 1.807) is 4.68 Å². The number of nitrogens with zero attached hydrogens (tertiary/aromatic N) is 7. The topological polar surface area (TPSA) is 64.1 Å². The number of aromatic nitrogens is 5. The highest BCUT2D eigenvalue weighted by atomic mass is 16.2. The molecule has 2 unspecified atom stereocenters. The Morgan fingerprint density at radius 2 is 1.40 bits per heavy atom. The van der Waals surface area contributed by atoms with Gasteiger partial charge in [0.2, 0.25) is 5.91 Å². The smallest absolute Gasteiger partial charge is 0.244 e. The van der Waals surface area contributed by atoms with E-state index in [4.69, 9.17) is 0 Å². The van der Waals surface area contributed by atoms with Gasteiger partial charge in [0.25, 0.3) is 0 Å². The summed E-state index contributed by atoms with van der Waals surface area (Å²) in [5, 5.41) is 11.6. The first-order valence-electron chi connectivity index (χ1n) is 16.1. The molecule has 2 aromatic carbocycles. The summed E-state index contributed by atoms with van der Waals surface area (Å²) in [4.78, 5) is 18.2. The standard InChI is InChI=1S/C35H43N7O/c1-5-17-41-31-13-9-7-11-27(31)29-15-19-38(24(3)34(29)41)21-26-22-39(37-36-26)23-33(43)40-20-16-30-28-12-8-10-14-32(28)42(18-6-2)35(30)25(40)4/h7-14,22,24-25H,5-6,15-21,23H2,1-4H3. The summed E-state index contributed by atoms with van der Waals surface area (Å²) in [5.74, 6) is 0.1000. The summed E-state index contributed by atoms with van der Waals surface area (Å²) in [6.07, 6.45) is 6.06. The molecule has 5 heterocycles. The third kappa shape index (κ3) is 4.67. The third-order valence-corrected chi connectivity index (χ3v) is 9.76. The Morgan fingerprint density at radius 1 is 0.814 bits per heavy atom. The maximum Gasteiger partial charge on any atom is 0.244 e. The van der Waals surface area contributed by atoms with Crippen molar-refractivity contribution in [1.29, 1.82) is 0 Å². The van der Waals surface area contributed by atoms with E-state index in [2.05, 4.69) is 101 Å². The van der Waals surface area contributed by atoms with Crippen LogP contribution in [0.1, 0.15) is 80.8 Å². The van der Waals surface area contributed by atoms with Gasteiger partial charge in [0.1, 0.15) is 6.54 Å². The highest BCUT2D eigenvalue weighted by Crippen LogP contribution is 2.39. The van der Waals surface area contributed by atoms with Crippen LogP contribution in [-0.4, -0.2) is 52.9 Å². The highest BCUT2D eigenvalue weighted by Gasteiger charge is 2.33. The Labute approximate surface area is 253 Å². The monoisotopic (exact) mass is 577 g/mol. The minimum absolute atomic E-state index is 0.0245. The van der Waals surface area contributed by atoms with Crippen LogP contribution in [0.3, 0.4) is 0 Å². The predicted octanol–water partition coefficient (Wildman–Crippen LogP) is 6.27. The lowest BCUT2D eigenvalue weighted by molar-refractivity contribution is -0.134. The zero-order valence-corrected chi connectivity index (χ0v) is 26.0. The van der Waals surface area contributed by atoms with E-state index in [1.165, 1.54) is 44.3 Å². The van der Waals surface area contributed by atoms with E-state index >= 15 is 0 Å². The molecule has 43 heavy (non-hydrogen) atoms. The molecule has 0 bridgehead atoms. The SMILES string of the molecule is CCCn1c2c(c3ccccc31)CCN(Cc1cn(CC(=O)N3CCc4c(n(CCC)c5ccccc45)C3C)nn1)C2C. The van der Waals surface area contributed by atoms with Crippen LogP contribution >= 0.6 is 0 Å². The van der Waals surface area contributed by atoms with Gasteiger partial charge in [-0.05, 0) is 62.8 Å². The summed E-state index contributed by atoms with van der Waals surface area (Å²) in [5.41, 5.74) is 9.18. The summed E-state index contributed by atoms with van der Waals surface area (Å²) in [6, 6.07) is 17.8. The second kappa shape index (κ2) is 11.3. The Balaban J connectivity index is 1.07. The minimum Gasteiger partial charge on any atom is -0.343 e. The van der Waals surface area contributed by atoms with E-state index in [1.807, 2.05) is 11.1 Å². The first-order valence-corrected chi connectivity index (χ1v) is 16.1. The number of hydrogen-bond donors (Lipinski definition) is 0. The molecule has 2 aliphatic rings. The Hall–Kier alpha value is -3.91. The van der Waals surface area contributed by atoms with Gasteiger partial charge in [0, 0.05) is 72.0 Å². The number of amides is 1. The number of carbonyl (C=O) groups excluding carboxylic acids is 1. The van der Waals surface area contributed by atoms with Crippen LogP contribution in [0.5, 0.6) is 0 Å². The van der Waals surface area contributed by atoms with Crippen LogP contribution in [0.15, 0.2) is 54.7 Å². The van der Waals surface area contributed by atoms with Crippen LogP contribution in [0.2, 0.25) is 0 Å². The molecule has 3 aromatic heterocycles. The molecular formula is C35H43N7O. The highest BCUT2D eigenvalue weighted by molar-refractivity contribution is 5.87. The predicted molar refractivity (Wildman–Crippen MR) is 171 cm³/mol. The molecule has 224 valence electrons. The van der Waals surface area contributed by atoms with Crippen molar-refractivity contribution in [3.8, 4) is 0 Å². The molecule has 8 heteroatoms. The molecule has 0 saturated heterocycles. The lowest BCUT2D eigenvalue weighted by Crippen LogP contribution is -2.41. The van der Waals surface area contributed by atoms with Crippen molar-refractivity contribution in [3.63, 3.8) is 0 Å². The van der Waals surface area contributed by atoms with E-state index < -0.39 is 0 Å². The van der Waals surface area contributed by atoms with Gasteiger partial charge in [0.15, 0.2) is 0 Å². The van der Waals surface area contributed by atoms with E-state index in [0.29, 0.717) is 0 Å². The second-order valence-electron chi connectivity index (χ2n) is 12.4. The third-order valence-electron chi connectivity index (χ3n) is 9.76. The number of aryl methyl sites for hydroxylation is 2. The Bertz CT molecular complexity index is 1790. The quantitative estimate of drug-likeness (QED) is 0.218. The molecule has 0 aliphatic carbocycles. The molecule has 2 aliphatic heterocycles. The number of benzene rings is 2. The molecule has 0 radical (unpaired) electrons. The maximum atomic E-state index is 13.7. The average molecular weight is 578 g/mol. The van der Waals surface area contributed by atoms with Crippen molar-refractivity contribution in [2.24, 2.45) is 0 Å². The first kappa shape index (κ1) is 27.9. The molecular weight excluding hydrogens is 534 g/mol. The van der Waals surface area contributed by atoms with Crippen molar-refractivity contribution < 1.29 is 4.79 Å². The number of hydrogen-bond acceptors (Lipinski definition) is 4. The molecule has 0 fully saturated rings. The van der Waals surface area contributed by atoms with Crippen molar-refractivity contribution in [1.82, 2.24) is 33.9 Å². The number of fused-ring (bicyclic) bond motifs is 6. The van der Waals surface area contributed by atoms with Crippen molar-refractivity contribution >= 4 is 27.7 Å². The maximum absolute atomic E-state index is 13.7. The fourth-order valence-corrected chi connectivity index (χ4v) is 7.88. The molecule has 7 rings (SSSR count). The Kier molecular flexibility index (Phi) is 7.33. The molecule has 0 N–H and O–H groups in total. The lowest BCUT2D eigenvalue weighted by atomic mass is 9.98. The number of rotatable bonds is 8. The van der Waals surface area contributed by atoms with Crippen molar-refractivity contribution in [2.45, 2.75) is 91.6 Å². The van der Waals surface area contributed by atoms with Gasteiger partial charge in [-0.2, -0.15) is 0 Å².